The average molecular weight is 431 g/mol. The van der Waals surface area contributed by atoms with E-state index in [2.05, 4.69) is 15.7 Å². The van der Waals surface area contributed by atoms with E-state index < -0.39 is 17.2 Å². The number of hydrogen-bond acceptors (Lipinski definition) is 4. The van der Waals surface area contributed by atoms with Crippen molar-refractivity contribution in [3.05, 3.63) is 86.8 Å². The van der Waals surface area contributed by atoms with Gasteiger partial charge in [-0.1, -0.05) is 23.7 Å². The van der Waals surface area contributed by atoms with E-state index in [1.54, 1.807) is 24.3 Å². The second kappa shape index (κ2) is 8.23. The summed E-state index contributed by atoms with van der Waals surface area (Å²) < 4.78 is 27.8. The minimum absolute atomic E-state index is 0.0964. The van der Waals surface area contributed by atoms with Crippen molar-refractivity contribution in [1.29, 1.82) is 0 Å². The largest absolute Gasteiger partial charge is 0.378 e. The number of halogens is 3. The molecule has 1 aliphatic rings. The van der Waals surface area contributed by atoms with E-state index in [0.29, 0.717) is 24.2 Å². The van der Waals surface area contributed by atoms with E-state index in [4.69, 9.17) is 11.6 Å². The van der Waals surface area contributed by atoms with E-state index in [0.717, 1.165) is 35.2 Å². The van der Waals surface area contributed by atoms with Crippen LogP contribution < -0.4 is 16.2 Å². The van der Waals surface area contributed by atoms with Gasteiger partial charge in [0.05, 0.1) is 11.9 Å². The summed E-state index contributed by atoms with van der Waals surface area (Å²) in [6.45, 7) is 0.334. The number of benzene rings is 2. The Hall–Kier alpha value is -3.26. The van der Waals surface area contributed by atoms with Crippen LogP contribution in [0.25, 0.3) is 5.69 Å². The van der Waals surface area contributed by atoms with Crippen molar-refractivity contribution in [3.8, 4) is 5.69 Å². The number of amides is 1. The Bertz CT molecular complexity index is 1160. The highest BCUT2D eigenvalue weighted by molar-refractivity contribution is 6.32. The lowest BCUT2D eigenvalue weighted by atomic mass is 10.1. The lowest BCUT2D eigenvalue weighted by Crippen LogP contribution is -2.25. The second-order valence-corrected chi connectivity index (χ2v) is 7.36. The van der Waals surface area contributed by atoms with Crippen LogP contribution in [0.15, 0.2) is 53.5 Å². The normalized spacial score (nSPS) is 13.2. The Balaban J connectivity index is 1.46. The zero-order valence-electron chi connectivity index (χ0n) is 15.7. The van der Waals surface area contributed by atoms with E-state index in [1.165, 1.54) is 6.20 Å². The zero-order valence-corrected chi connectivity index (χ0v) is 16.4. The first-order valence-electron chi connectivity index (χ1n) is 9.29. The summed E-state index contributed by atoms with van der Waals surface area (Å²) in [4.78, 5) is 24.5. The minimum Gasteiger partial charge on any atom is -0.378 e. The monoisotopic (exact) mass is 430 g/mol. The van der Waals surface area contributed by atoms with E-state index in [1.807, 2.05) is 0 Å². The van der Waals surface area contributed by atoms with Gasteiger partial charge in [-0.05, 0) is 42.7 Å². The van der Waals surface area contributed by atoms with Crippen LogP contribution in [0.3, 0.4) is 0 Å². The van der Waals surface area contributed by atoms with Crippen molar-refractivity contribution in [1.82, 2.24) is 15.1 Å². The summed E-state index contributed by atoms with van der Waals surface area (Å²) in [6.07, 6.45) is 3.34. The van der Waals surface area contributed by atoms with Crippen molar-refractivity contribution in [2.24, 2.45) is 0 Å². The topological polar surface area (TPSA) is 76.0 Å². The average Bonchev–Trinajstić information content (AvgIpc) is 3.54. The maximum Gasteiger partial charge on any atom is 0.292 e. The first-order chi connectivity index (χ1) is 14.4. The molecule has 1 aliphatic carbocycles. The van der Waals surface area contributed by atoms with Gasteiger partial charge >= 0.3 is 0 Å². The fraction of sp³-hybridized carbons (Fsp3) is 0.190. The smallest absolute Gasteiger partial charge is 0.292 e. The Kier molecular flexibility index (Phi) is 5.50. The molecular formula is C21H17ClF2N4O2. The van der Waals surface area contributed by atoms with Gasteiger partial charge in [0.1, 0.15) is 16.5 Å². The van der Waals surface area contributed by atoms with Gasteiger partial charge in [-0.3, -0.25) is 9.59 Å². The lowest BCUT2D eigenvalue weighted by Gasteiger charge is -2.11. The van der Waals surface area contributed by atoms with Gasteiger partial charge in [0.15, 0.2) is 5.82 Å². The Morgan fingerprint density at radius 1 is 1.17 bits per heavy atom. The molecule has 154 valence electrons. The zero-order chi connectivity index (χ0) is 21.3. The van der Waals surface area contributed by atoms with Crippen LogP contribution in [0.2, 0.25) is 5.02 Å². The third kappa shape index (κ3) is 4.33. The predicted octanol–water partition coefficient (Wildman–Crippen LogP) is 3.67. The van der Waals surface area contributed by atoms with Gasteiger partial charge in [0.25, 0.3) is 11.5 Å². The molecule has 0 radical (unpaired) electrons. The number of rotatable bonds is 6. The molecule has 1 amide bonds. The van der Waals surface area contributed by atoms with Crippen molar-refractivity contribution < 1.29 is 13.6 Å². The van der Waals surface area contributed by atoms with E-state index in [9.17, 15) is 18.4 Å². The van der Waals surface area contributed by atoms with Gasteiger partial charge in [0, 0.05) is 24.2 Å². The number of carbonyl (C=O) groups is 1. The molecule has 0 atom stereocenters. The molecule has 1 aromatic heterocycles. The summed E-state index contributed by atoms with van der Waals surface area (Å²) in [7, 11) is 0. The number of nitrogens with zero attached hydrogens (tertiary/aromatic N) is 2. The summed E-state index contributed by atoms with van der Waals surface area (Å²) in [6, 6.07) is 10.1. The molecule has 0 saturated heterocycles. The predicted molar refractivity (Wildman–Crippen MR) is 109 cm³/mol. The molecule has 3 aromatic rings. The SMILES string of the molecule is O=C(NC1CC1)c1ccc(CNc2cnn(-c3ccc(F)cc3F)c(=O)c2Cl)cc1. The second-order valence-electron chi connectivity index (χ2n) is 6.98. The molecular weight excluding hydrogens is 414 g/mol. The number of anilines is 1. The van der Waals surface area contributed by atoms with Crippen molar-refractivity contribution in [2.75, 3.05) is 5.32 Å². The van der Waals surface area contributed by atoms with E-state index >= 15 is 0 Å². The highest BCUT2D eigenvalue weighted by Gasteiger charge is 2.23. The van der Waals surface area contributed by atoms with Crippen LogP contribution in [-0.4, -0.2) is 21.7 Å². The molecule has 0 aliphatic heterocycles. The summed E-state index contributed by atoms with van der Waals surface area (Å²) in [5.74, 6) is -1.78. The molecule has 4 rings (SSSR count). The summed E-state index contributed by atoms with van der Waals surface area (Å²) in [5, 5.41) is 9.68. The fourth-order valence-corrected chi connectivity index (χ4v) is 3.04. The molecule has 9 heteroatoms. The van der Waals surface area contributed by atoms with Crippen LogP contribution in [0, 0.1) is 11.6 Å². The first kappa shape index (κ1) is 20.0. The van der Waals surface area contributed by atoms with Gasteiger partial charge in [-0.15, -0.1) is 0 Å². The fourth-order valence-electron chi connectivity index (χ4n) is 2.85. The molecule has 1 saturated carbocycles. The molecule has 2 aromatic carbocycles. The number of carbonyl (C=O) groups excluding carboxylic acids is 1. The lowest BCUT2D eigenvalue weighted by molar-refractivity contribution is 0.0951. The molecule has 6 nitrogen and oxygen atoms in total. The Morgan fingerprint density at radius 2 is 1.90 bits per heavy atom. The quantitative estimate of drug-likeness (QED) is 0.625. The maximum atomic E-state index is 14.0. The molecule has 1 heterocycles. The summed E-state index contributed by atoms with van der Waals surface area (Å²) in [5.41, 5.74) is 0.780. The van der Waals surface area contributed by atoms with E-state index in [-0.39, 0.29) is 22.3 Å². The van der Waals surface area contributed by atoms with Gasteiger partial charge < -0.3 is 10.6 Å². The number of aromatic nitrogens is 2. The molecule has 30 heavy (non-hydrogen) atoms. The molecule has 0 unspecified atom stereocenters. The molecule has 0 bridgehead atoms. The van der Waals surface area contributed by atoms with Crippen LogP contribution in [-0.2, 0) is 6.54 Å². The highest BCUT2D eigenvalue weighted by atomic mass is 35.5. The van der Waals surface area contributed by atoms with Crippen LogP contribution in [0.1, 0.15) is 28.8 Å². The number of hydrogen-bond donors (Lipinski definition) is 2. The molecule has 2 N–H and O–H groups in total. The van der Waals surface area contributed by atoms with Crippen LogP contribution in [0.4, 0.5) is 14.5 Å². The maximum absolute atomic E-state index is 14.0. The van der Waals surface area contributed by atoms with Crippen molar-refractivity contribution in [3.63, 3.8) is 0 Å². The standard InChI is InChI=1S/C21H17ClF2N4O2/c22-19-17(11-26-28(21(19)30)18-8-5-14(23)9-16(18)24)25-10-12-1-3-13(4-2-12)20(29)27-15-6-7-15/h1-5,8-9,11,15,25H,6-7,10H2,(H,27,29). The highest BCUT2D eigenvalue weighted by Crippen LogP contribution is 2.21. The Labute approximate surface area is 175 Å². The third-order valence-electron chi connectivity index (χ3n) is 4.67. The van der Waals surface area contributed by atoms with Crippen molar-refractivity contribution in [2.45, 2.75) is 25.4 Å². The Morgan fingerprint density at radius 3 is 2.57 bits per heavy atom. The number of nitrogens with one attached hydrogen (secondary N) is 2. The van der Waals surface area contributed by atoms with Crippen LogP contribution >= 0.6 is 11.6 Å². The third-order valence-corrected chi connectivity index (χ3v) is 5.03. The summed E-state index contributed by atoms with van der Waals surface area (Å²) >= 11 is 6.13. The van der Waals surface area contributed by atoms with Crippen LogP contribution in [0.5, 0.6) is 0 Å². The molecule has 1 fully saturated rings. The van der Waals surface area contributed by atoms with Gasteiger partial charge in [0.2, 0.25) is 0 Å². The van der Waals surface area contributed by atoms with Gasteiger partial charge in [-0.25, -0.2) is 8.78 Å². The van der Waals surface area contributed by atoms with Crippen molar-refractivity contribution >= 4 is 23.2 Å². The molecule has 0 spiro atoms. The first-order valence-corrected chi connectivity index (χ1v) is 9.67. The minimum atomic E-state index is -0.924. The van der Waals surface area contributed by atoms with Gasteiger partial charge in [-0.2, -0.15) is 9.78 Å².